The molecule has 0 saturated carbocycles. The number of anilines is 1. The molecule has 164 valence electrons. The first-order chi connectivity index (χ1) is 16.0. The van der Waals surface area contributed by atoms with Crippen molar-refractivity contribution >= 4 is 46.0 Å². The second-order valence-electron chi connectivity index (χ2n) is 7.38. The monoisotopic (exact) mass is 460 g/mol. The van der Waals surface area contributed by atoms with Crippen molar-refractivity contribution in [3.8, 4) is 5.75 Å². The highest BCUT2D eigenvalue weighted by Crippen LogP contribution is 2.42. The van der Waals surface area contributed by atoms with Gasteiger partial charge in [-0.25, -0.2) is 4.98 Å². The molecule has 4 aromatic rings. The number of methoxy groups -OCH3 is 1. The first-order valence-electron chi connectivity index (χ1n) is 9.99. The van der Waals surface area contributed by atoms with Crippen LogP contribution in [0.3, 0.4) is 0 Å². The molecular formula is C24H17ClN4O4. The predicted octanol–water partition coefficient (Wildman–Crippen LogP) is 4.25. The number of fused-ring (bicyclic) bond motifs is 1. The summed E-state index contributed by atoms with van der Waals surface area (Å²) < 4.78 is 5.23. The molecule has 2 aromatic carbocycles. The van der Waals surface area contributed by atoms with Crippen molar-refractivity contribution < 1.29 is 19.4 Å². The van der Waals surface area contributed by atoms with Crippen molar-refractivity contribution in [2.24, 2.45) is 0 Å². The largest absolute Gasteiger partial charge is 0.507 e. The van der Waals surface area contributed by atoms with Gasteiger partial charge in [-0.3, -0.25) is 19.5 Å². The Morgan fingerprint density at radius 3 is 2.61 bits per heavy atom. The number of pyridine rings is 1. The third kappa shape index (κ3) is 3.41. The highest BCUT2D eigenvalue weighted by atomic mass is 35.5. The predicted molar refractivity (Wildman–Crippen MR) is 123 cm³/mol. The Morgan fingerprint density at radius 1 is 1.12 bits per heavy atom. The van der Waals surface area contributed by atoms with Gasteiger partial charge >= 0.3 is 5.91 Å². The number of carbonyl (C=O) groups is 2. The number of carbonyl (C=O) groups excluding carboxylic acids is 2. The molecular weight excluding hydrogens is 444 g/mol. The minimum absolute atomic E-state index is 0.0731. The molecule has 1 fully saturated rings. The number of Topliss-reactive ketones (excluding diaryl/α,β-unsaturated/α-hetero) is 1. The number of H-pyrrole nitrogens is 1. The number of imidazole rings is 1. The summed E-state index contributed by atoms with van der Waals surface area (Å²) in [6.07, 6.45) is 3.11. The molecule has 1 saturated heterocycles. The fourth-order valence-electron chi connectivity index (χ4n) is 3.93. The van der Waals surface area contributed by atoms with Gasteiger partial charge in [-0.15, -0.1) is 0 Å². The second-order valence-corrected chi connectivity index (χ2v) is 7.78. The highest BCUT2D eigenvalue weighted by molar-refractivity contribution is 6.51. The van der Waals surface area contributed by atoms with Crippen molar-refractivity contribution in [3.63, 3.8) is 0 Å². The van der Waals surface area contributed by atoms with E-state index < -0.39 is 17.7 Å². The zero-order valence-corrected chi connectivity index (χ0v) is 18.1. The van der Waals surface area contributed by atoms with Gasteiger partial charge in [0.2, 0.25) is 5.95 Å². The van der Waals surface area contributed by atoms with Crippen LogP contribution in [0.15, 0.2) is 72.6 Å². The maximum Gasteiger partial charge on any atom is 0.302 e. The van der Waals surface area contributed by atoms with Crippen LogP contribution in [-0.2, 0) is 9.59 Å². The van der Waals surface area contributed by atoms with E-state index in [1.165, 1.54) is 18.1 Å². The molecule has 1 aliphatic heterocycles. The summed E-state index contributed by atoms with van der Waals surface area (Å²) in [5, 5.41) is 11.5. The number of rotatable bonds is 4. The summed E-state index contributed by atoms with van der Waals surface area (Å²) in [5.74, 6) is -1.45. The number of aliphatic hydroxyl groups is 1. The Hall–Kier alpha value is -4.17. The van der Waals surface area contributed by atoms with Crippen LogP contribution in [0, 0.1) is 0 Å². The first-order valence-corrected chi connectivity index (χ1v) is 10.4. The molecule has 3 heterocycles. The zero-order valence-electron chi connectivity index (χ0n) is 17.3. The summed E-state index contributed by atoms with van der Waals surface area (Å²) >= 11 is 6.11. The lowest BCUT2D eigenvalue weighted by atomic mass is 9.96. The van der Waals surface area contributed by atoms with Crippen LogP contribution in [0.5, 0.6) is 5.75 Å². The number of nitrogens with one attached hydrogen (secondary N) is 1. The van der Waals surface area contributed by atoms with Gasteiger partial charge in [-0.05, 0) is 48.0 Å². The van der Waals surface area contributed by atoms with Crippen LogP contribution in [-0.4, -0.2) is 38.9 Å². The van der Waals surface area contributed by atoms with Gasteiger partial charge in [-0.1, -0.05) is 23.7 Å². The summed E-state index contributed by atoms with van der Waals surface area (Å²) in [5.41, 5.74) is 2.16. The zero-order chi connectivity index (χ0) is 23.1. The van der Waals surface area contributed by atoms with Gasteiger partial charge < -0.3 is 14.8 Å². The van der Waals surface area contributed by atoms with Crippen LogP contribution < -0.4 is 9.64 Å². The number of amides is 1. The summed E-state index contributed by atoms with van der Waals surface area (Å²) in [6.45, 7) is 0. The minimum Gasteiger partial charge on any atom is -0.507 e. The van der Waals surface area contributed by atoms with E-state index in [0.717, 1.165) is 0 Å². The average molecular weight is 461 g/mol. The third-order valence-corrected chi connectivity index (χ3v) is 5.81. The number of hydrogen-bond acceptors (Lipinski definition) is 6. The molecule has 0 bridgehead atoms. The number of aromatic amines is 1. The lowest BCUT2D eigenvalue weighted by Crippen LogP contribution is -2.30. The number of hydrogen-bond donors (Lipinski definition) is 2. The number of aromatic nitrogens is 3. The van der Waals surface area contributed by atoms with E-state index in [4.69, 9.17) is 16.3 Å². The molecule has 0 spiro atoms. The van der Waals surface area contributed by atoms with Gasteiger partial charge in [-0.2, -0.15) is 0 Å². The Labute approximate surface area is 193 Å². The molecule has 5 rings (SSSR count). The molecule has 2 aromatic heterocycles. The molecule has 1 amide bonds. The van der Waals surface area contributed by atoms with Gasteiger partial charge in [0.15, 0.2) is 0 Å². The van der Waals surface area contributed by atoms with Crippen LogP contribution in [0.1, 0.15) is 17.2 Å². The molecule has 1 unspecified atom stereocenters. The molecule has 0 aliphatic carbocycles. The summed E-state index contributed by atoms with van der Waals surface area (Å²) in [6, 6.07) is 14.3. The van der Waals surface area contributed by atoms with Gasteiger partial charge in [0, 0.05) is 18.0 Å². The van der Waals surface area contributed by atoms with E-state index in [1.54, 1.807) is 42.7 Å². The molecule has 1 atom stereocenters. The molecule has 2 N–H and O–H groups in total. The van der Waals surface area contributed by atoms with Gasteiger partial charge in [0.25, 0.3) is 5.78 Å². The number of nitrogens with zero attached hydrogens (tertiary/aromatic N) is 3. The van der Waals surface area contributed by atoms with Crippen LogP contribution in [0.25, 0.3) is 16.8 Å². The van der Waals surface area contributed by atoms with Crippen molar-refractivity contribution in [2.45, 2.75) is 6.04 Å². The SMILES string of the molecule is COc1cc(/C(O)=C2\C(=O)C(=O)N(c3nc4ccccc4[nH]3)C2c2ccncc2)ccc1Cl. The lowest BCUT2D eigenvalue weighted by molar-refractivity contribution is -0.132. The number of aliphatic hydroxyl groups excluding tert-OH is 1. The van der Waals surface area contributed by atoms with Crippen molar-refractivity contribution in [2.75, 3.05) is 12.0 Å². The van der Waals surface area contributed by atoms with Crippen molar-refractivity contribution in [3.05, 3.63) is 88.7 Å². The smallest absolute Gasteiger partial charge is 0.302 e. The van der Waals surface area contributed by atoms with Gasteiger partial charge in [0.05, 0.1) is 34.8 Å². The quantitative estimate of drug-likeness (QED) is 0.268. The first kappa shape index (κ1) is 20.7. The van der Waals surface area contributed by atoms with E-state index in [-0.39, 0.29) is 22.8 Å². The summed E-state index contributed by atoms with van der Waals surface area (Å²) in [7, 11) is 1.45. The van der Waals surface area contributed by atoms with E-state index in [1.807, 2.05) is 18.2 Å². The maximum absolute atomic E-state index is 13.2. The fourth-order valence-corrected chi connectivity index (χ4v) is 4.12. The van der Waals surface area contributed by atoms with Crippen LogP contribution in [0.2, 0.25) is 5.02 Å². The van der Waals surface area contributed by atoms with E-state index in [9.17, 15) is 14.7 Å². The van der Waals surface area contributed by atoms with E-state index in [2.05, 4.69) is 15.0 Å². The fraction of sp³-hybridized carbons (Fsp3) is 0.0833. The highest BCUT2D eigenvalue weighted by Gasteiger charge is 2.48. The molecule has 33 heavy (non-hydrogen) atoms. The lowest BCUT2D eigenvalue weighted by Gasteiger charge is -2.22. The third-order valence-electron chi connectivity index (χ3n) is 5.50. The number of ketones is 1. The normalized spacial score (nSPS) is 17.6. The van der Waals surface area contributed by atoms with Crippen molar-refractivity contribution in [1.82, 2.24) is 15.0 Å². The van der Waals surface area contributed by atoms with E-state index >= 15 is 0 Å². The topological polar surface area (TPSA) is 108 Å². The maximum atomic E-state index is 13.2. The van der Waals surface area contributed by atoms with Crippen LogP contribution in [0.4, 0.5) is 5.95 Å². The summed E-state index contributed by atoms with van der Waals surface area (Å²) in [4.78, 5) is 39.3. The number of halogens is 1. The Morgan fingerprint density at radius 2 is 1.88 bits per heavy atom. The Kier molecular flexibility index (Phi) is 5.07. The number of benzene rings is 2. The number of para-hydroxylation sites is 2. The molecule has 0 radical (unpaired) electrons. The second kappa shape index (κ2) is 8.07. The van der Waals surface area contributed by atoms with Gasteiger partial charge in [0.1, 0.15) is 11.5 Å². The van der Waals surface area contributed by atoms with E-state index in [0.29, 0.717) is 27.4 Å². The number of ether oxygens (including phenoxy) is 1. The minimum atomic E-state index is -0.921. The average Bonchev–Trinajstić information content (AvgIpc) is 3.38. The Bertz CT molecular complexity index is 1400. The Balaban J connectivity index is 1.73. The standard InChI is InChI=1S/C24H17ClN4O4/c1-33-18-12-14(6-7-15(18)25)21(30)19-20(13-8-10-26-11-9-13)29(23(32)22(19)31)24-27-16-4-2-3-5-17(16)28-24/h2-12,20,30H,1H3,(H,27,28)/b21-19+. The van der Waals surface area contributed by atoms with Crippen molar-refractivity contribution in [1.29, 1.82) is 0 Å². The molecule has 8 nitrogen and oxygen atoms in total. The molecule has 1 aliphatic rings. The van der Waals surface area contributed by atoms with Crippen LogP contribution >= 0.6 is 11.6 Å². The molecule has 9 heteroatoms.